The van der Waals surface area contributed by atoms with E-state index in [4.69, 9.17) is 0 Å². The Morgan fingerprint density at radius 2 is 2.22 bits per heavy atom. The molecule has 5 nitrogen and oxygen atoms in total. The van der Waals surface area contributed by atoms with Gasteiger partial charge in [0.25, 0.3) is 0 Å². The minimum absolute atomic E-state index is 0. The van der Waals surface area contributed by atoms with Gasteiger partial charge in [0.2, 0.25) is 0 Å². The first-order chi connectivity index (χ1) is 3.81. The lowest BCUT2D eigenvalue weighted by Gasteiger charge is -1.79. The monoisotopic (exact) mass is 155 g/mol. The van der Waals surface area contributed by atoms with E-state index in [1.165, 1.54) is 0 Å². The van der Waals surface area contributed by atoms with Crippen LogP contribution in [0.4, 0.5) is 0 Å². The second-order valence-corrected chi connectivity index (χ2v) is 2.08. The summed E-state index contributed by atoms with van der Waals surface area (Å²) in [5.74, 6) is 4.50. The smallest absolute Gasteiger partial charge is 0.344 e. The SMILES string of the molecule is CCCO[P+](=O)ON.N. The lowest BCUT2D eigenvalue weighted by atomic mass is 10.5. The Bertz CT molecular complexity index is 79.5. The third-order valence-corrected chi connectivity index (χ3v) is 1.05. The molecule has 1 atom stereocenters. The van der Waals surface area contributed by atoms with E-state index in [1.54, 1.807) is 0 Å². The van der Waals surface area contributed by atoms with Gasteiger partial charge in [-0.15, -0.1) is 4.52 Å². The average molecular weight is 155 g/mol. The first kappa shape index (κ1) is 11.7. The zero-order chi connectivity index (χ0) is 6.41. The molecule has 56 valence electrons. The highest BCUT2D eigenvalue weighted by Crippen LogP contribution is 2.19. The third-order valence-electron chi connectivity index (χ3n) is 0.487. The molecule has 9 heavy (non-hydrogen) atoms. The van der Waals surface area contributed by atoms with E-state index in [-0.39, 0.29) is 6.15 Å². The third kappa shape index (κ3) is 7.94. The molecule has 0 aromatic heterocycles. The van der Waals surface area contributed by atoms with Crippen molar-refractivity contribution in [1.82, 2.24) is 6.15 Å². The van der Waals surface area contributed by atoms with Gasteiger partial charge in [0.05, 0.1) is 0 Å². The number of rotatable bonds is 4. The normalized spacial score (nSPS) is 10.2. The summed E-state index contributed by atoms with van der Waals surface area (Å²) in [5.41, 5.74) is 0. The molecule has 0 amide bonds. The molecule has 0 aliphatic rings. The quantitative estimate of drug-likeness (QED) is 0.468. The molecule has 0 saturated heterocycles. The molecular weight excluding hydrogens is 143 g/mol. The molecule has 0 bridgehead atoms. The molecule has 0 heterocycles. The Kier molecular flexibility index (Phi) is 10.3. The van der Waals surface area contributed by atoms with E-state index >= 15 is 0 Å². The maximum absolute atomic E-state index is 10.1. The molecule has 0 radical (unpaired) electrons. The molecule has 0 saturated carbocycles. The van der Waals surface area contributed by atoms with Crippen LogP contribution in [0.3, 0.4) is 0 Å². The summed E-state index contributed by atoms with van der Waals surface area (Å²) < 4.78 is 18.5. The summed E-state index contributed by atoms with van der Waals surface area (Å²) in [7, 11) is -2.06. The van der Waals surface area contributed by atoms with Gasteiger partial charge in [-0.25, -0.2) is 0 Å². The molecule has 5 N–H and O–H groups in total. The van der Waals surface area contributed by atoms with Crippen molar-refractivity contribution < 1.29 is 13.7 Å². The van der Waals surface area contributed by atoms with Crippen LogP contribution in [0.2, 0.25) is 0 Å². The molecule has 0 aliphatic heterocycles. The van der Waals surface area contributed by atoms with E-state index in [2.05, 4.69) is 15.0 Å². The summed E-state index contributed by atoms with van der Waals surface area (Å²) in [6.45, 7) is 2.33. The Morgan fingerprint density at radius 1 is 1.67 bits per heavy atom. The van der Waals surface area contributed by atoms with E-state index in [0.29, 0.717) is 6.61 Å². The topological polar surface area (TPSA) is 96.5 Å². The van der Waals surface area contributed by atoms with Gasteiger partial charge in [-0.2, -0.15) is 5.90 Å². The van der Waals surface area contributed by atoms with Crippen molar-refractivity contribution in [3.63, 3.8) is 0 Å². The molecular formula is C3H12N2O3P+. The first-order valence-corrected chi connectivity index (χ1v) is 3.37. The highest BCUT2D eigenvalue weighted by atomic mass is 31.1. The van der Waals surface area contributed by atoms with Gasteiger partial charge in [-0.3, -0.25) is 0 Å². The van der Waals surface area contributed by atoms with Gasteiger partial charge in [0, 0.05) is 4.57 Å². The van der Waals surface area contributed by atoms with Crippen LogP contribution < -0.4 is 12.0 Å². The lowest BCUT2D eigenvalue weighted by Crippen LogP contribution is -1.91. The first-order valence-electron chi connectivity index (χ1n) is 2.28. The van der Waals surface area contributed by atoms with E-state index in [0.717, 1.165) is 6.42 Å². The van der Waals surface area contributed by atoms with Crippen LogP contribution in [0, 0.1) is 0 Å². The molecule has 0 rings (SSSR count). The zero-order valence-electron chi connectivity index (χ0n) is 5.37. The van der Waals surface area contributed by atoms with Crippen LogP contribution in [0.25, 0.3) is 0 Å². The molecule has 0 aliphatic carbocycles. The molecule has 0 aromatic carbocycles. The predicted octanol–water partition coefficient (Wildman–Crippen LogP) is 1.12. The maximum Gasteiger partial charge on any atom is 0.716 e. The van der Waals surface area contributed by atoms with Crippen molar-refractivity contribution in [1.29, 1.82) is 0 Å². The Labute approximate surface area is 55.0 Å². The summed E-state index contributed by atoms with van der Waals surface area (Å²) in [4.78, 5) is 0. The zero-order valence-corrected chi connectivity index (χ0v) is 6.27. The highest BCUT2D eigenvalue weighted by molar-refractivity contribution is 7.33. The van der Waals surface area contributed by atoms with Crippen LogP contribution in [0.1, 0.15) is 13.3 Å². The number of nitrogens with two attached hydrogens (primary N) is 1. The van der Waals surface area contributed by atoms with Crippen LogP contribution in [-0.4, -0.2) is 6.61 Å². The van der Waals surface area contributed by atoms with Crippen LogP contribution in [-0.2, 0) is 13.7 Å². The van der Waals surface area contributed by atoms with Crippen LogP contribution in [0.5, 0.6) is 0 Å². The average Bonchev–Trinajstić information content (AvgIpc) is 1.83. The largest absolute Gasteiger partial charge is 0.716 e. The van der Waals surface area contributed by atoms with E-state index in [9.17, 15) is 4.57 Å². The maximum atomic E-state index is 10.1. The Balaban J connectivity index is 0. The van der Waals surface area contributed by atoms with Gasteiger partial charge in [-0.05, 0) is 11.0 Å². The van der Waals surface area contributed by atoms with Crippen LogP contribution in [0.15, 0.2) is 0 Å². The number of hydrogen-bond acceptors (Lipinski definition) is 5. The highest BCUT2D eigenvalue weighted by Gasteiger charge is 2.15. The standard InChI is InChI=1S/C3H9NO3P.H3N/c1-2-3-6-8(5)7-4;/h2-4H2,1H3;1H3/q+1;. The summed E-state index contributed by atoms with van der Waals surface area (Å²) in [6, 6.07) is 0. The minimum Gasteiger partial charge on any atom is -0.344 e. The fraction of sp³-hybridized carbons (Fsp3) is 1.00. The van der Waals surface area contributed by atoms with E-state index < -0.39 is 8.25 Å². The minimum atomic E-state index is -2.06. The van der Waals surface area contributed by atoms with Crippen molar-refractivity contribution in [2.75, 3.05) is 6.61 Å². The van der Waals surface area contributed by atoms with Crippen molar-refractivity contribution >= 4 is 8.25 Å². The van der Waals surface area contributed by atoms with Crippen molar-refractivity contribution in [2.24, 2.45) is 5.90 Å². The summed E-state index contributed by atoms with van der Waals surface area (Å²) in [5, 5.41) is 0. The van der Waals surface area contributed by atoms with Gasteiger partial charge >= 0.3 is 8.25 Å². The number of hydrogen-bond donors (Lipinski definition) is 2. The second-order valence-electron chi connectivity index (χ2n) is 1.16. The molecule has 0 spiro atoms. The van der Waals surface area contributed by atoms with Crippen molar-refractivity contribution in [2.45, 2.75) is 13.3 Å². The van der Waals surface area contributed by atoms with Gasteiger partial charge in [-0.1, -0.05) is 6.92 Å². The Hall–Kier alpha value is -0.0600. The second kappa shape index (κ2) is 7.94. The molecule has 6 heteroatoms. The Morgan fingerprint density at radius 3 is 2.56 bits per heavy atom. The lowest BCUT2D eigenvalue weighted by molar-refractivity contribution is 0.230. The molecule has 1 unspecified atom stereocenters. The van der Waals surface area contributed by atoms with Crippen LogP contribution >= 0.6 is 8.25 Å². The molecule has 0 fully saturated rings. The summed E-state index contributed by atoms with van der Waals surface area (Å²) >= 11 is 0. The fourth-order valence-electron chi connectivity index (χ4n) is 0.196. The summed E-state index contributed by atoms with van der Waals surface area (Å²) in [6.07, 6.45) is 0.810. The molecule has 0 aromatic rings. The van der Waals surface area contributed by atoms with Crippen molar-refractivity contribution in [3.05, 3.63) is 0 Å². The van der Waals surface area contributed by atoms with Crippen molar-refractivity contribution in [3.8, 4) is 0 Å². The van der Waals surface area contributed by atoms with E-state index in [1.807, 2.05) is 6.92 Å². The predicted molar refractivity (Wildman–Crippen MR) is 34.1 cm³/mol. The fourth-order valence-corrected chi connectivity index (χ4v) is 0.589. The van der Waals surface area contributed by atoms with Gasteiger partial charge in [0.1, 0.15) is 6.61 Å². The van der Waals surface area contributed by atoms with Gasteiger partial charge < -0.3 is 6.15 Å². The van der Waals surface area contributed by atoms with Gasteiger partial charge in [0.15, 0.2) is 0 Å².